The first-order valence-electron chi connectivity index (χ1n) is 13.6. The third kappa shape index (κ3) is 8.56. The van der Waals surface area contributed by atoms with Crippen molar-refractivity contribution in [2.75, 3.05) is 20.3 Å². The van der Waals surface area contributed by atoms with Crippen LogP contribution in [0.3, 0.4) is 0 Å². The van der Waals surface area contributed by atoms with Gasteiger partial charge in [-0.25, -0.2) is 9.59 Å². The van der Waals surface area contributed by atoms with Crippen LogP contribution in [0, 0.1) is 0 Å². The zero-order chi connectivity index (χ0) is 31.6. The summed E-state index contributed by atoms with van der Waals surface area (Å²) in [5.74, 6) is 0.778. The molecule has 232 valence electrons. The van der Waals surface area contributed by atoms with Gasteiger partial charge in [-0.05, 0) is 66.9 Å². The van der Waals surface area contributed by atoms with Crippen LogP contribution in [0.25, 0.3) is 0 Å². The maximum absolute atomic E-state index is 12.4. The summed E-state index contributed by atoms with van der Waals surface area (Å²) in [6.45, 7) is 3.93. The standard InChI is InChI=1S/C31H32Cl2N4O7/c1-4-42-26-14-21(29-28(30(39)41-3)18(2)35-31(40)36-29)9-11-25(26)44-17-27(38)37-34-15-19-6-5-7-22(12-19)43-16-20-8-10-23(32)24(33)13-20/h5-15,27,29,37-38H,4,16-17H2,1-3H3,(H2,35,36,40)/b34-15-/t27-,29-/m1/s1. The van der Waals surface area contributed by atoms with E-state index < -0.39 is 24.3 Å². The number of hydrogen-bond acceptors (Lipinski definition) is 9. The molecule has 1 aliphatic rings. The zero-order valence-corrected chi connectivity index (χ0v) is 25.7. The van der Waals surface area contributed by atoms with E-state index in [0.717, 1.165) is 11.1 Å². The minimum Gasteiger partial charge on any atom is -0.490 e. The molecule has 0 unspecified atom stereocenters. The highest BCUT2D eigenvalue weighted by Crippen LogP contribution is 2.35. The molecule has 44 heavy (non-hydrogen) atoms. The number of allylic oxidation sites excluding steroid dienone is 1. The minimum atomic E-state index is -1.14. The van der Waals surface area contributed by atoms with Gasteiger partial charge in [-0.1, -0.05) is 47.5 Å². The number of carbonyl (C=O) groups is 2. The topological polar surface area (TPSA) is 140 Å². The average molecular weight is 644 g/mol. The molecule has 1 aliphatic heterocycles. The smallest absolute Gasteiger partial charge is 0.337 e. The van der Waals surface area contributed by atoms with E-state index >= 15 is 0 Å². The van der Waals surface area contributed by atoms with Gasteiger partial charge in [0.2, 0.25) is 0 Å². The number of methoxy groups -OCH3 is 1. The Morgan fingerprint density at radius 1 is 1.07 bits per heavy atom. The van der Waals surface area contributed by atoms with E-state index in [1.165, 1.54) is 13.3 Å². The van der Waals surface area contributed by atoms with Crippen molar-refractivity contribution in [2.45, 2.75) is 32.7 Å². The summed E-state index contributed by atoms with van der Waals surface area (Å²) in [6, 6.07) is 16.4. The maximum atomic E-state index is 12.4. The highest BCUT2D eigenvalue weighted by atomic mass is 35.5. The van der Waals surface area contributed by atoms with E-state index in [9.17, 15) is 14.7 Å². The SMILES string of the molecule is CCOc1cc([C@H]2NC(=O)NC(C)=C2C(=O)OC)ccc1OC[C@@H](O)N/N=C\c1cccc(OCc2ccc(Cl)c(Cl)c2)c1. The zero-order valence-electron chi connectivity index (χ0n) is 24.2. The normalized spacial score (nSPS) is 15.3. The lowest BCUT2D eigenvalue weighted by molar-refractivity contribution is -0.136. The predicted octanol–water partition coefficient (Wildman–Crippen LogP) is 5.09. The number of ether oxygens (including phenoxy) is 4. The molecule has 0 spiro atoms. The van der Waals surface area contributed by atoms with E-state index in [4.69, 9.17) is 42.1 Å². The van der Waals surface area contributed by atoms with Gasteiger partial charge in [0.25, 0.3) is 0 Å². The second-order valence-corrected chi connectivity index (χ2v) is 10.3. The number of esters is 1. The van der Waals surface area contributed by atoms with Crippen LogP contribution in [0.1, 0.15) is 36.6 Å². The van der Waals surface area contributed by atoms with E-state index in [2.05, 4.69) is 21.2 Å². The number of carbonyl (C=O) groups excluding carboxylic acids is 2. The van der Waals surface area contributed by atoms with Gasteiger partial charge in [-0.15, -0.1) is 0 Å². The second-order valence-electron chi connectivity index (χ2n) is 9.52. The first kappa shape index (κ1) is 32.5. The van der Waals surface area contributed by atoms with Gasteiger partial charge in [0.15, 0.2) is 17.7 Å². The van der Waals surface area contributed by atoms with Gasteiger partial charge < -0.3 is 34.7 Å². The van der Waals surface area contributed by atoms with Crippen molar-refractivity contribution in [3.63, 3.8) is 0 Å². The second kappa shape index (κ2) is 15.3. The third-order valence-electron chi connectivity index (χ3n) is 6.36. The van der Waals surface area contributed by atoms with Crippen molar-refractivity contribution >= 4 is 41.4 Å². The van der Waals surface area contributed by atoms with Crippen LogP contribution in [0.4, 0.5) is 4.79 Å². The average Bonchev–Trinajstić information content (AvgIpc) is 3.00. The molecule has 11 nitrogen and oxygen atoms in total. The largest absolute Gasteiger partial charge is 0.490 e. The fraction of sp³-hybridized carbons (Fsp3) is 0.258. The van der Waals surface area contributed by atoms with Crippen molar-refractivity contribution in [3.05, 3.63) is 98.7 Å². The number of rotatable bonds is 13. The molecule has 3 aromatic carbocycles. The highest BCUT2D eigenvalue weighted by Gasteiger charge is 2.32. The highest BCUT2D eigenvalue weighted by molar-refractivity contribution is 6.42. The molecule has 4 N–H and O–H groups in total. The lowest BCUT2D eigenvalue weighted by Crippen LogP contribution is -2.45. The monoisotopic (exact) mass is 642 g/mol. The lowest BCUT2D eigenvalue weighted by atomic mass is 9.95. The molecule has 2 amide bonds. The van der Waals surface area contributed by atoms with Crippen molar-refractivity contribution < 1.29 is 33.6 Å². The maximum Gasteiger partial charge on any atom is 0.337 e. The summed E-state index contributed by atoms with van der Waals surface area (Å²) in [6.07, 6.45) is 0.395. The van der Waals surface area contributed by atoms with Crippen molar-refractivity contribution in [2.24, 2.45) is 5.10 Å². The molecule has 0 fully saturated rings. The van der Waals surface area contributed by atoms with E-state index in [1.807, 2.05) is 31.2 Å². The van der Waals surface area contributed by atoms with E-state index in [0.29, 0.717) is 51.8 Å². The third-order valence-corrected chi connectivity index (χ3v) is 7.10. The number of hydrogen-bond donors (Lipinski definition) is 4. The summed E-state index contributed by atoms with van der Waals surface area (Å²) in [4.78, 5) is 24.6. The Kier molecular flexibility index (Phi) is 11.3. The summed E-state index contributed by atoms with van der Waals surface area (Å²) < 4.78 is 22.3. The van der Waals surface area contributed by atoms with Crippen LogP contribution in [-0.4, -0.2) is 49.9 Å². The Morgan fingerprint density at radius 3 is 2.64 bits per heavy atom. The molecule has 1 heterocycles. The Balaban J connectivity index is 1.35. The van der Waals surface area contributed by atoms with Crippen LogP contribution in [0.15, 0.2) is 77.0 Å². The summed E-state index contributed by atoms with van der Waals surface area (Å²) in [5.41, 5.74) is 5.48. The van der Waals surface area contributed by atoms with E-state index in [-0.39, 0.29) is 12.2 Å². The van der Waals surface area contributed by atoms with Crippen LogP contribution in [-0.2, 0) is 16.1 Å². The summed E-state index contributed by atoms with van der Waals surface area (Å²) >= 11 is 12.0. The van der Waals surface area contributed by atoms with Crippen LogP contribution in [0.2, 0.25) is 10.0 Å². The van der Waals surface area contributed by atoms with Gasteiger partial charge in [-0.3, -0.25) is 5.43 Å². The molecule has 2 atom stereocenters. The number of nitrogens with zero attached hydrogens (tertiary/aromatic N) is 1. The number of aliphatic hydroxyl groups is 1. The van der Waals surface area contributed by atoms with Crippen molar-refractivity contribution in [3.8, 4) is 17.2 Å². The van der Waals surface area contributed by atoms with E-state index in [1.54, 1.807) is 43.3 Å². The van der Waals surface area contributed by atoms with Gasteiger partial charge in [0.05, 0.1) is 41.6 Å². The first-order chi connectivity index (χ1) is 21.2. The number of amides is 2. The lowest BCUT2D eigenvalue weighted by Gasteiger charge is -2.28. The molecule has 0 aliphatic carbocycles. The Labute approximate surface area is 264 Å². The molecule has 3 aromatic rings. The molecule has 0 bridgehead atoms. The van der Waals surface area contributed by atoms with Gasteiger partial charge >= 0.3 is 12.0 Å². The molecule has 0 radical (unpaired) electrons. The first-order valence-corrected chi connectivity index (χ1v) is 14.3. The minimum absolute atomic E-state index is 0.153. The Bertz CT molecular complexity index is 1560. The number of urea groups is 1. The predicted molar refractivity (Wildman–Crippen MR) is 166 cm³/mol. The molecule has 4 rings (SSSR count). The van der Waals surface area contributed by atoms with Gasteiger partial charge in [0, 0.05) is 5.70 Å². The van der Waals surface area contributed by atoms with Crippen molar-refractivity contribution in [1.82, 2.24) is 16.1 Å². The quantitative estimate of drug-likeness (QED) is 0.0875. The molecule has 0 saturated carbocycles. The number of aliphatic hydroxyl groups excluding tert-OH is 1. The van der Waals surface area contributed by atoms with Gasteiger partial charge in [0.1, 0.15) is 19.0 Å². The molecular formula is C31H32Cl2N4O7. The fourth-order valence-corrected chi connectivity index (χ4v) is 4.62. The number of halogens is 2. The Morgan fingerprint density at radius 2 is 1.89 bits per heavy atom. The molecule has 0 saturated heterocycles. The number of nitrogens with one attached hydrogen (secondary N) is 3. The molecule has 0 aromatic heterocycles. The number of benzene rings is 3. The Hall–Kier alpha value is -4.45. The van der Waals surface area contributed by atoms with Crippen LogP contribution < -0.4 is 30.3 Å². The summed E-state index contributed by atoms with van der Waals surface area (Å²) in [5, 5.41) is 20.8. The molecular weight excluding hydrogens is 611 g/mol. The van der Waals surface area contributed by atoms with Crippen LogP contribution in [0.5, 0.6) is 17.2 Å². The van der Waals surface area contributed by atoms with Crippen molar-refractivity contribution in [1.29, 1.82) is 0 Å². The molecule has 13 heteroatoms. The fourth-order valence-electron chi connectivity index (χ4n) is 4.30. The van der Waals surface area contributed by atoms with Gasteiger partial charge in [-0.2, -0.15) is 5.10 Å². The summed E-state index contributed by atoms with van der Waals surface area (Å²) in [7, 11) is 1.27. The number of hydrazone groups is 1. The van der Waals surface area contributed by atoms with Crippen LogP contribution >= 0.6 is 23.2 Å².